The number of carbonyl (C=O) groups excluding carboxylic acids is 1. The molecule has 0 aromatic rings. The second kappa shape index (κ2) is 16.4. The van der Waals surface area contributed by atoms with Gasteiger partial charge in [0.25, 0.3) is 0 Å². The largest absolute Gasteiger partial charge is 0.472 e. The maximum atomic E-state index is 11.7. The van der Waals surface area contributed by atoms with Gasteiger partial charge in [0.2, 0.25) is 0 Å². The van der Waals surface area contributed by atoms with Gasteiger partial charge < -0.3 is 9.63 Å². The van der Waals surface area contributed by atoms with E-state index >= 15 is 0 Å². The van der Waals surface area contributed by atoms with Crippen LogP contribution in [-0.2, 0) is 28.0 Å². The number of carbonyl (C=O) groups is 1. The zero-order valence-electron chi connectivity index (χ0n) is 17.7. The van der Waals surface area contributed by atoms with Crippen molar-refractivity contribution < 1.29 is 38.2 Å². The fraction of sp³-hybridized carbons (Fsp3) is 0.667. The Morgan fingerprint density at radius 3 is 2.63 bits per heavy atom. The molecule has 1 aliphatic rings. The predicted molar refractivity (Wildman–Crippen MR) is 114 cm³/mol. The Hall–Kier alpha value is -1.28. The molecule has 1 saturated heterocycles. The van der Waals surface area contributed by atoms with Gasteiger partial charge in [-0.05, 0) is 32.1 Å². The van der Waals surface area contributed by atoms with Crippen LogP contribution < -0.4 is 0 Å². The summed E-state index contributed by atoms with van der Waals surface area (Å²) in [5.74, 6) is -0.332. The van der Waals surface area contributed by atoms with E-state index in [1.165, 1.54) is 0 Å². The molecule has 0 spiro atoms. The second-order valence-corrected chi connectivity index (χ2v) is 8.46. The number of rotatable bonds is 16. The van der Waals surface area contributed by atoms with Crippen molar-refractivity contribution in [1.29, 1.82) is 0 Å². The summed E-state index contributed by atoms with van der Waals surface area (Å²) in [7, 11) is -3.94. The molecule has 0 aliphatic carbocycles. The molecular weight excluding hydrogens is 411 g/mol. The normalized spacial score (nSPS) is 23.1. The lowest BCUT2D eigenvalue weighted by atomic mass is 10.1. The van der Waals surface area contributed by atoms with Crippen LogP contribution in [0.5, 0.6) is 0 Å². The molecule has 3 atom stereocenters. The average molecular weight is 446 g/mol. The van der Waals surface area contributed by atoms with Gasteiger partial charge in [0, 0.05) is 6.42 Å². The molecule has 1 rings (SSSR count). The van der Waals surface area contributed by atoms with Gasteiger partial charge in [0.1, 0.15) is 18.8 Å². The van der Waals surface area contributed by atoms with Gasteiger partial charge in [-0.25, -0.2) is 9.45 Å². The van der Waals surface area contributed by atoms with Gasteiger partial charge in [0.15, 0.2) is 0 Å². The molecule has 0 aromatic heterocycles. The quantitative estimate of drug-likeness (QED) is 0.0640. The van der Waals surface area contributed by atoms with Gasteiger partial charge in [-0.15, -0.1) is 0 Å². The summed E-state index contributed by atoms with van der Waals surface area (Å²) in [6.45, 7) is 1.95. The van der Waals surface area contributed by atoms with Gasteiger partial charge in [-0.1, -0.05) is 62.6 Å². The highest BCUT2D eigenvalue weighted by molar-refractivity contribution is 7.47. The second-order valence-electron chi connectivity index (χ2n) is 7.05. The molecule has 2 N–H and O–H groups in total. The third-order valence-corrected chi connectivity index (χ3v) is 5.41. The lowest BCUT2D eigenvalue weighted by Gasteiger charge is -2.08. The number of phosphoric ester groups is 1. The van der Waals surface area contributed by atoms with Crippen LogP contribution in [-0.4, -0.2) is 41.5 Å². The standard InChI is InChI=1S/C21H35O8P/c1-2-3-4-11-14-19(28-23)15-12-9-7-5-6-8-10-13-16-21(22)26-17-20-18-27-30(24,25)29-20/h3-4,9,11-12,14,19-20,23H,2,5-8,10,13,15-18H2,1H3,(H,24,25)/b4-3-,12-9-,14-11+. The minimum absolute atomic E-state index is 0.0454. The Labute approximate surface area is 179 Å². The Balaban J connectivity index is 1.95. The minimum atomic E-state index is -3.94. The van der Waals surface area contributed by atoms with E-state index in [2.05, 4.69) is 22.4 Å². The molecule has 1 fully saturated rings. The Kier molecular flexibility index (Phi) is 14.6. The molecular formula is C21H35O8P. The van der Waals surface area contributed by atoms with Crippen LogP contribution in [0.2, 0.25) is 0 Å². The fourth-order valence-corrected chi connectivity index (χ4v) is 3.65. The van der Waals surface area contributed by atoms with Crippen molar-refractivity contribution in [2.24, 2.45) is 0 Å². The molecule has 0 radical (unpaired) electrons. The fourth-order valence-electron chi connectivity index (χ4n) is 2.73. The molecule has 0 saturated carbocycles. The van der Waals surface area contributed by atoms with Gasteiger partial charge in [-0.3, -0.25) is 19.1 Å². The first-order valence-corrected chi connectivity index (χ1v) is 12.1. The highest BCUT2D eigenvalue weighted by Gasteiger charge is 2.35. The SMILES string of the molecule is CC/C=C\C=C\C(C/C=C\CCCCCCCC(=O)OCC1COP(=O)(O)O1)OO. The van der Waals surface area contributed by atoms with Gasteiger partial charge in [0.05, 0.1) is 6.61 Å². The molecule has 1 heterocycles. The zero-order valence-corrected chi connectivity index (χ0v) is 18.6. The summed E-state index contributed by atoms with van der Waals surface area (Å²) in [6, 6.07) is 0. The molecule has 30 heavy (non-hydrogen) atoms. The number of hydrogen-bond acceptors (Lipinski definition) is 7. The molecule has 9 heteroatoms. The van der Waals surface area contributed by atoms with E-state index in [0.29, 0.717) is 12.8 Å². The lowest BCUT2D eigenvalue weighted by Crippen LogP contribution is -2.20. The molecule has 3 unspecified atom stereocenters. The van der Waals surface area contributed by atoms with E-state index in [4.69, 9.17) is 19.4 Å². The topological polar surface area (TPSA) is 112 Å². The van der Waals surface area contributed by atoms with E-state index in [9.17, 15) is 9.36 Å². The molecule has 8 nitrogen and oxygen atoms in total. The molecule has 172 valence electrons. The predicted octanol–water partition coefficient (Wildman–Crippen LogP) is 5.10. The van der Waals surface area contributed by atoms with E-state index in [0.717, 1.165) is 44.9 Å². The van der Waals surface area contributed by atoms with Crippen molar-refractivity contribution in [3.8, 4) is 0 Å². The van der Waals surface area contributed by atoms with Crippen molar-refractivity contribution in [3.63, 3.8) is 0 Å². The molecule has 0 amide bonds. The van der Waals surface area contributed by atoms with Crippen LogP contribution in [0.3, 0.4) is 0 Å². The molecule has 1 aliphatic heterocycles. The first kappa shape index (κ1) is 26.8. The van der Waals surface area contributed by atoms with Crippen LogP contribution >= 0.6 is 7.82 Å². The summed E-state index contributed by atoms with van der Waals surface area (Å²) >= 11 is 0. The van der Waals surface area contributed by atoms with Crippen LogP contribution in [0.15, 0.2) is 36.5 Å². The average Bonchev–Trinajstić information content (AvgIpc) is 3.08. The summed E-state index contributed by atoms with van der Waals surface area (Å²) in [4.78, 5) is 25.1. The van der Waals surface area contributed by atoms with Gasteiger partial charge >= 0.3 is 13.8 Å². The van der Waals surface area contributed by atoms with Crippen molar-refractivity contribution >= 4 is 13.8 Å². The Morgan fingerprint density at radius 2 is 1.93 bits per heavy atom. The Morgan fingerprint density at radius 1 is 1.17 bits per heavy atom. The van der Waals surface area contributed by atoms with Crippen LogP contribution in [0.25, 0.3) is 0 Å². The van der Waals surface area contributed by atoms with Crippen LogP contribution in [0, 0.1) is 0 Å². The monoisotopic (exact) mass is 446 g/mol. The highest BCUT2D eigenvalue weighted by Crippen LogP contribution is 2.49. The number of hydrogen-bond donors (Lipinski definition) is 2. The van der Waals surface area contributed by atoms with E-state index in [1.807, 2.05) is 30.4 Å². The third kappa shape index (κ3) is 13.9. The van der Waals surface area contributed by atoms with Crippen LogP contribution in [0.1, 0.15) is 64.7 Å². The lowest BCUT2D eigenvalue weighted by molar-refractivity contribution is -0.264. The number of ether oxygens (including phenoxy) is 1. The summed E-state index contributed by atoms with van der Waals surface area (Å²) in [5, 5.41) is 8.88. The molecule has 0 bridgehead atoms. The maximum Gasteiger partial charge on any atom is 0.472 e. The summed E-state index contributed by atoms with van der Waals surface area (Å²) in [5.41, 5.74) is 0. The maximum absolute atomic E-state index is 11.7. The van der Waals surface area contributed by atoms with Crippen molar-refractivity contribution in [2.75, 3.05) is 13.2 Å². The van der Waals surface area contributed by atoms with E-state index < -0.39 is 13.9 Å². The van der Waals surface area contributed by atoms with Crippen LogP contribution in [0.4, 0.5) is 0 Å². The zero-order chi connectivity index (χ0) is 22.1. The van der Waals surface area contributed by atoms with Crippen molar-refractivity contribution in [3.05, 3.63) is 36.5 Å². The minimum Gasteiger partial charge on any atom is -0.463 e. The first-order valence-electron chi connectivity index (χ1n) is 10.6. The highest BCUT2D eigenvalue weighted by atomic mass is 31.2. The molecule has 0 aromatic carbocycles. The van der Waals surface area contributed by atoms with Crippen molar-refractivity contribution in [2.45, 2.75) is 76.9 Å². The number of allylic oxidation sites excluding steroid dienone is 4. The summed E-state index contributed by atoms with van der Waals surface area (Å²) < 4.78 is 25.4. The first-order chi connectivity index (χ1) is 14.5. The van der Waals surface area contributed by atoms with Crippen molar-refractivity contribution in [1.82, 2.24) is 0 Å². The summed E-state index contributed by atoms with van der Waals surface area (Å²) in [6.07, 6.45) is 18.6. The number of phosphoric acid groups is 1. The van der Waals surface area contributed by atoms with E-state index in [1.54, 1.807) is 0 Å². The number of esters is 1. The Bertz CT molecular complexity index is 602. The third-order valence-electron chi connectivity index (χ3n) is 4.37. The van der Waals surface area contributed by atoms with E-state index in [-0.39, 0.29) is 25.3 Å². The smallest absolute Gasteiger partial charge is 0.463 e. The number of unbranched alkanes of at least 4 members (excludes halogenated alkanes) is 5. The van der Waals surface area contributed by atoms with Gasteiger partial charge in [-0.2, -0.15) is 0 Å².